The second kappa shape index (κ2) is 7.87. The number of esters is 1. The molecule has 2 aromatic carbocycles. The molecule has 4 rings (SSSR count). The summed E-state index contributed by atoms with van der Waals surface area (Å²) in [4.78, 5) is 24.1. The average molecular weight is 394 g/mol. The molecule has 29 heavy (non-hydrogen) atoms. The number of aromatic nitrogens is 2. The van der Waals surface area contributed by atoms with Crippen molar-refractivity contribution in [2.24, 2.45) is 0 Å². The average Bonchev–Trinajstić information content (AvgIpc) is 3.33. The monoisotopic (exact) mass is 394 g/mol. The standard InChI is InChI=1S/C22H20FN3O3/c1-29-22(28)16-6-10-18(11-7-16)24-20(27)14-25-13-19(26-12-2-3-21(25)26)15-4-8-17(23)9-5-15/h4-11,13H,2-3,12,14H2,1H3/p+1. The Balaban J connectivity index is 1.51. The maximum absolute atomic E-state index is 13.3. The highest BCUT2D eigenvalue weighted by atomic mass is 19.1. The summed E-state index contributed by atoms with van der Waals surface area (Å²) < 4.78 is 22.1. The minimum Gasteiger partial charge on any atom is -0.465 e. The molecule has 1 aliphatic rings. The first-order valence-corrected chi connectivity index (χ1v) is 9.41. The number of imidazole rings is 1. The highest BCUT2D eigenvalue weighted by Gasteiger charge is 2.29. The van der Waals surface area contributed by atoms with Gasteiger partial charge in [-0.05, 0) is 55.0 Å². The third kappa shape index (κ3) is 3.89. The summed E-state index contributed by atoms with van der Waals surface area (Å²) in [5.74, 6) is 0.232. The number of hydrogen-bond donors (Lipinski definition) is 1. The van der Waals surface area contributed by atoms with E-state index in [0.717, 1.165) is 36.5 Å². The third-order valence-corrected chi connectivity index (χ3v) is 5.04. The van der Waals surface area contributed by atoms with Crippen LogP contribution in [0.1, 0.15) is 22.6 Å². The molecule has 0 atom stereocenters. The minimum atomic E-state index is -0.420. The molecule has 1 N–H and O–H groups in total. The predicted octanol–water partition coefficient (Wildman–Crippen LogP) is 2.95. The maximum atomic E-state index is 13.3. The Labute approximate surface area is 167 Å². The lowest BCUT2D eigenvalue weighted by molar-refractivity contribution is -0.690. The van der Waals surface area contributed by atoms with Gasteiger partial charge in [0.25, 0.3) is 11.7 Å². The fraction of sp³-hybridized carbons (Fsp3) is 0.227. The lowest BCUT2D eigenvalue weighted by Crippen LogP contribution is -2.42. The molecule has 0 fully saturated rings. The fourth-order valence-electron chi connectivity index (χ4n) is 3.66. The molecule has 148 valence electrons. The summed E-state index contributed by atoms with van der Waals surface area (Å²) in [6.07, 6.45) is 3.85. The van der Waals surface area contributed by atoms with Crippen LogP contribution in [0, 0.1) is 5.82 Å². The largest absolute Gasteiger partial charge is 0.465 e. The van der Waals surface area contributed by atoms with Gasteiger partial charge in [0.2, 0.25) is 0 Å². The van der Waals surface area contributed by atoms with Crippen LogP contribution in [-0.4, -0.2) is 23.6 Å². The number of hydrogen-bond acceptors (Lipinski definition) is 3. The number of anilines is 1. The van der Waals surface area contributed by atoms with Gasteiger partial charge in [0.1, 0.15) is 12.0 Å². The van der Waals surface area contributed by atoms with E-state index >= 15 is 0 Å². The molecule has 1 aliphatic heterocycles. The van der Waals surface area contributed by atoms with Crippen molar-refractivity contribution in [3.63, 3.8) is 0 Å². The molecule has 1 aromatic heterocycles. The quantitative estimate of drug-likeness (QED) is 0.535. The van der Waals surface area contributed by atoms with Gasteiger partial charge in [-0.2, -0.15) is 0 Å². The molecule has 0 bridgehead atoms. The highest BCUT2D eigenvalue weighted by molar-refractivity contribution is 5.92. The Bertz CT molecular complexity index is 1060. The van der Waals surface area contributed by atoms with Gasteiger partial charge in [-0.25, -0.2) is 18.3 Å². The van der Waals surface area contributed by atoms with Gasteiger partial charge >= 0.3 is 5.97 Å². The Kier molecular flexibility index (Phi) is 5.12. The summed E-state index contributed by atoms with van der Waals surface area (Å²) in [5.41, 5.74) is 2.94. The molecule has 0 spiro atoms. The van der Waals surface area contributed by atoms with Crippen LogP contribution in [0.5, 0.6) is 0 Å². The molecule has 0 radical (unpaired) electrons. The van der Waals surface area contributed by atoms with Gasteiger partial charge in [0.05, 0.1) is 25.6 Å². The Morgan fingerprint density at radius 3 is 2.55 bits per heavy atom. The van der Waals surface area contributed by atoms with Crippen molar-refractivity contribution in [3.05, 3.63) is 71.9 Å². The first kappa shape index (κ1) is 18.9. The van der Waals surface area contributed by atoms with Crippen molar-refractivity contribution >= 4 is 17.6 Å². The van der Waals surface area contributed by atoms with Crippen LogP contribution in [0.3, 0.4) is 0 Å². The van der Waals surface area contributed by atoms with Gasteiger partial charge in [0, 0.05) is 11.3 Å². The molecule has 0 aliphatic carbocycles. The summed E-state index contributed by atoms with van der Waals surface area (Å²) in [6.45, 7) is 1.06. The van der Waals surface area contributed by atoms with Crippen molar-refractivity contribution in [3.8, 4) is 11.3 Å². The zero-order chi connectivity index (χ0) is 20.4. The van der Waals surface area contributed by atoms with Crippen LogP contribution < -0.4 is 9.88 Å². The molecule has 6 nitrogen and oxygen atoms in total. The van der Waals surface area contributed by atoms with E-state index in [0.29, 0.717) is 11.3 Å². The van der Waals surface area contributed by atoms with Crippen molar-refractivity contribution in [2.75, 3.05) is 12.4 Å². The summed E-state index contributed by atoms with van der Waals surface area (Å²) >= 11 is 0. The van der Waals surface area contributed by atoms with Gasteiger partial charge < -0.3 is 10.1 Å². The zero-order valence-electron chi connectivity index (χ0n) is 16.0. The molecular formula is C22H21FN3O3+. The van der Waals surface area contributed by atoms with E-state index in [2.05, 4.69) is 14.6 Å². The smallest absolute Gasteiger partial charge is 0.337 e. The molecule has 1 amide bonds. The van der Waals surface area contributed by atoms with E-state index in [1.807, 2.05) is 10.8 Å². The molecule has 0 saturated heterocycles. The van der Waals surface area contributed by atoms with Crippen molar-refractivity contribution < 1.29 is 23.3 Å². The van der Waals surface area contributed by atoms with Gasteiger partial charge in [-0.1, -0.05) is 0 Å². The lowest BCUT2D eigenvalue weighted by atomic mass is 10.1. The zero-order valence-corrected chi connectivity index (χ0v) is 16.0. The topological polar surface area (TPSA) is 64.2 Å². The second-order valence-corrected chi connectivity index (χ2v) is 6.94. The SMILES string of the molecule is COC(=O)c1ccc(NC(=O)C[n+]2cc(-c3ccc(F)cc3)n3c2CCC3)cc1. The number of nitrogens with one attached hydrogen (secondary N) is 1. The number of carbonyl (C=O) groups excluding carboxylic acids is 2. The van der Waals surface area contributed by atoms with Crippen molar-refractivity contribution in [1.29, 1.82) is 0 Å². The summed E-state index contributed by atoms with van der Waals surface area (Å²) in [7, 11) is 1.33. The number of ether oxygens (including phenoxy) is 1. The van der Waals surface area contributed by atoms with E-state index < -0.39 is 5.97 Å². The van der Waals surface area contributed by atoms with E-state index in [9.17, 15) is 14.0 Å². The maximum Gasteiger partial charge on any atom is 0.337 e. The first-order valence-electron chi connectivity index (χ1n) is 9.41. The van der Waals surface area contributed by atoms with E-state index in [1.165, 1.54) is 19.2 Å². The third-order valence-electron chi connectivity index (χ3n) is 5.04. The van der Waals surface area contributed by atoms with Crippen LogP contribution in [0.2, 0.25) is 0 Å². The molecular weight excluding hydrogens is 373 g/mol. The van der Waals surface area contributed by atoms with E-state index in [-0.39, 0.29) is 18.3 Å². The Morgan fingerprint density at radius 1 is 1.14 bits per heavy atom. The fourth-order valence-corrected chi connectivity index (χ4v) is 3.66. The molecule has 2 heterocycles. The molecule has 0 unspecified atom stereocenters. The van der Waals surface area contributed by atoms with E-state index in [4.69, 9.17) is 0 Å². The van der Waals surface area contributed by atoms with E-state index in [1.54, 1.807) is 36.4 Å². The normalized spacial score (nSPS) is 12.5. The number of nitrogens with zero attached hydrogens (tertiary/aromatic N) is 2. The summed E-state index contributed by atoms with van der Waals surface area (Å²) in [6, 6.07) is 13.0. The lowest BCUT2D eigenvalue weighted by Gasteiger charge is -2.05. The Hall–Kier alpha value is -3.48. The number of carbonyl (C=O) groups is 2. The summed E-state index contributed by atoms with van der Waals surface area (Å²) in [5, 5.41) is 2.85. The van der Waals surface area contributed by atoms with Crippen LogP contribution in [0.4, 0.5) is 10.1 Å². The predicted molar refractivity (Wildman–Crippen MR) is 105 cm³/mol. The van der Waals surface area contributed by atoms with Crippen LogP contribution >= 0.6 is 0 Å². The number of rotatable bonds is 5. The molecule has 0 saturated carbocycles. The van der Waals surface area contributed by atoms with Crippen LogP contribution in [0.15, 0.2) is 54.7 Å². The number of fused-ring (bicyclic) bond motifs is 1. The second-order valence-electron chi connectivity index (χ2n) is 6.94. The van der Waals surface area contributed by atoms with Crippen LogP contribution in [-0.2, 0) is 29.0 Å². The van der Waals surface area contributed by atoms with Gasteiger partial charge in [0.15, 0.2) is 12.2 Å². The Morgan fingerprint density at radius 2 is 1.86 bits per heavy atom. The van der Waals surface area contributed by atoms with Crippen molar-refractivity contribution in [2.45, 2.75) is 25.9 Å². The van der Waals surface area contributed by atoms with Gasteiger partial charge in [-0.3, -0.25) is 4.79 Å². The molecule has 3 aromatic rings. The van der Waals surface area contributed by atoms with Gasteiger partial charge in [-0.15, -0.1) is 0 Å². The first-order chi connectivity index (χ1) is 14.0. The highest BCUT2D eigenvalue weighted by Crippen LogP contribution is 2.25. The number of amides is 1. The number of methoxy groups -OCH3 is 1. The molecule has 7 heteroatoms. The number of benzene rings is 2. The minimum absolute atomic E-state index is 0.160. The number of halogens is 1. The van der Waals surface area contributed by atoms with Crippen molar-refractivity contribution in [1.82, 2.24) is 4.57 Å². The van der Waals surface area contributed by atoms with Crippen LogP contribution in [0.25, 0.3) is 11.3 Å².